The van der Waals surface area contributed by atoms with E-state index >= 15 is 0 Å². The van der Waals surface area contributed by atoms with Gasteiger partial charge in [-0.05, 0) is 30.4 Å². The van der Waals surface area contributed by atoms with E-state index in [1.54, 1.807) is 4.90 Å². The molecule has 0 aromatic heterocycles. The monoisotopic (exact) mass is 351 g/mol. The lowest BCUT2D eigenvalue weighted by molar-refractivity contribution is -0.148. The second kappa shape index (κ2) is 7.09. The van der Waals surface area contributed by atoms with Crippen LogP contribution in [-0.2, 0) is 9.59 Å². The predicted octanol–water partition coefficient (Wildman–Crippen LogP) is 1.82. The van der Waals surface area contributed by atoms with E-state index in [2.05, 4.69) is 10.9 Å². The van der Waals surface area contributed by atoms with Crippen molar-refractivity contribution in [3.8, 4) is 0 Å². The Labute approximate surface area is 146 Å². The van der Waals surface area contributed by atoms with Crippen LogP contribution in [0, 0.1) is 11.8 Å². The first-order valence-corrected chi connectivity index (χ1v) is 8.62. The van der Waals surface area contributed by atoms with E-state index in [1.807, 2.05) is 31.2 Å². The van der Waals surface area contributed by atoms with Gasteiger partial charge in [-0.1, -0.05) is 36.7 Å². The molecule has 7 heteroatoms. The van der Waals surface area contributed by atoms with Gasteiger partial charge in [0.25, 0.3) is 0 Å². The van der Waals surface area contributed by atoms with Crippen LogP contribution in [0.3, 0.4) is 0 Å². The molecular formula is C17H22ClN3O3. The third-order valence-corrected chi connectivity index (χ3v) is 5.36. The first kappa shape index (κ1) is 17.2. The Bertz CT molecular complexity index is 639. The van der Waals surface area contributed by atoms with Crippen molar-refractivity contribution in [1.29, 1.82) is 0 Å². The number of piperidine rings is 1. The molecule has 0 bridgehead atoms. The molecule has 6 nitrogen and oxygen atoms in total. The third kappa shape index (κ3) is 3.41. The minimum Gasteiger partial charge on any atom is -0.481 e. The van der Waals surface area contributed by atoms with Crippen LogP contribution >= 0.6 is 11.6 Å². The first-order chi connectivity index (χ1) is 11.5. The Kier molecular flexibility index (Phi) is 5.08. The van der Waals surface area contributed by atoms with E-state index in [9.17, 15) is 14.7 Å². The summed E-state index contributed by atoms with van der Waals surface area (Å²) in [4.78, 5) is 25.7. The van der Waals surface area contributed by atoms with Crippen molar-refractivity contribution in [2.24, 2.45) is 11.8 Å². The van der Waals surface area contributed by atoms with Gasteiger partial charge in [-0.3, -0.25) is 9.59 Å². The molecule has 0 radical (unpaired) electrons. The molecule has 2 saturated heterocycles. The van der Waals surface area contributed by atoms with Gasteiger partial charge in [0.15, 0.2) is 0 Å². The summed E-state index contributed by atoms with van der Waals surface area (Å²) in [5.41, 5.74) is 7.18. The van der Waals surface area contributed by atoms with Crippen LogP contribution in [0.2, 0.25) is 5.02 Å². The summed E-state index contributed by atoms with van der Waals surface area (Å²) in [6.45, 7) is 2.88. The van der Waals surface area contributed by atoms with Gasteiger partial charge in [0, 0.05) is 24.2 Å². The van der Waals surface area contributed by atoms with Crippen molar-refractivity contribution in [1.82, 2.24) is 15.8 Å². The van der Waals surface area contributed by atoms with Crippen LogP contribution in [-0.4, -0.2) is 41.0 Å². The molecule has 4 atom stereocenters. The minimum atomic E-state index is -0.769. The van der Waals surface area contributed by atoms with Crippen molar-refractivity contribution in [3.05, 3.63) is 34.9 Å². The van der Waals surface area contributed by atoms with E-state index in [0.717, 1.165) is 5.56 Å². The van der Waals surface area contributed by atoms with Gasteiger partial charge in [0.05, 0.1) is 5.92 Å². The molecule has 3 N–H and O–H groups in total. The number of hydrogen-bond donors (Lipinski definition) is 3. The smallest absolute Gasteiger partial charge is 0.306 e. The molecule has 1 aromatic carbocycles. The molecule has 3 rings (SSSR count). The Morgan fingerprint density at radius 3 is 2.71 bits per heavy atom. The van der Waals surface area contributed by atoms with Crippen molar-refractivity contribution in [2.75, 3.05) is 13.1 Å². The zero-order valence-corrected chi connectivity index (χ0v) is 14.3. The highest BCUT2D eigenvalue weighted by Crippen LogP contribution is 2.30. The van der Waals surface area contributed by atoms with Crippen molar-refractivity contribution < 1.29 is 14.7 Å². The molecule has 1 amide bonds. The van der Waals surface area contributed by atoms with Crippen LogP contribution < -0.4 is 10.9 Å². The Hall–Kier alpha value is -1.63. The number of carboxylic acids is 1. The largest absolute Gasteiger partial charge is 0.481 e. The van der Waals surface area contributed by atoms with E-state index < -0.39 is 5.97 Å². The number of rotatable bonds is 3. The fourth-order valence-electron chi connectivity index (χ4n) is 3.61. The van der Waals surface area contributed by atoms with Crippen LogP contribution in [0.15, 0.2) is 24.3 Å². The summed E-state index contributed by atoms with van der Waals surface area (Å²) < 4.78 is 0. The Balaban J connectivity index is 1.61. The van der Waals surface area contributed by atoms with E-state index in [1.165, 1.54) is 0 Å². The number of hydrogen-bond acceptors (Lipinski definition) is 4. The number of nitrogens with one attached hydrogen (secondary N) is 2. The number of carbonyl (C=O) groups excluding carboxylic acids is 1. The molecule has 130 valence electrons. The summed E-state index contributed by atoms with van der Waals surface area (Å²) in [7, 11) is 0. The molecule has 0 aliphatic carbocycles. The molecular weight excluding hydrogens is 330 g/mol. The minimum absolute atomic E-state index is 0.0124. The molecule has 2 aliphatic heterocycles. The summed E-state index contributed by atoms with van der Waals surface area (Å²) in [6, 6.07) is 7.27. The molecule has 2 heterocycles. The van der Waals surface area contributed by atoms with Crippen molar-refractivity contribution in [2.45, 2.75) is 31.8 Å². The van der Waals surface area contributed by atoms with E-state index in [-0.39, 0.29) is 29.8 Å². The highest BCUT2D eigenvalue weighted by atomic mass is 35.5. The van der Waals surface area contributed by atoms with E-state index in [0.29, 0.717) is 31.0 Å². The number of likely N-dealkylation sites (tertiary alicyclic amines) is 1. The first-order valence-electron chi connectivity index (χ1n) is 8.24. The van der Waals surface area contributed by atoms with Gasteiger partial charge in [-0.2, -0.15) is 0 Å². The zero-order valence-electron chi connectivity index (χ0n) is 13.5. The summed E-state index contributed by atoms with van der Waals surface area (Å²) in [5.74, 6) is -1.14. The highest BCUT2D eigenvalue weighted by Gasteiger charge is 2.38. The normalized spacial score (nSPS) is 30.3. The lowest BCUT2D eigenvalue weighted by Crippen LogP contribution is -2.51. The maximum atomic E-state index is 12.7. The Morgan fingerprint density at radius 1 is 1.29 bits per heavy atom. The molecule has 0 spiro atoms. The average molecular weight is 352 g/mol. The molecule has 2 aliphatic rings. The van der Waals surface area contributed by atoms with Gasteiger partial charge < -0.3 is 10.0 Å². The number of aliphatic carboxylic acids is 1. The topological polar surface area (TPSA) is 81.7 Å². The van der Waals surface area contributed by atoms with Crippen molar-refractivity contribution in [3.63, 3.8) is 0 Å². The van der Waals surface area contributed by atoms with Crippen LogP contribution in [0.4, 0.5) is 0 Å². The molecule has 1 aromatic rings. The second-order valence-electron chi connectivity index (χ2n) is 6.65. The van der Waals surface area contributed by atoms with Gasteiger partial charge in [0.2, 0.25) is 5.91 Å². The predicted molar refractivity (Wildman–Crippen MR) is 90.4 cm³/mol. The number of carbonyl (C=O) groups is 2. The number of halogens is 1. The lowest BCUT2D eigenvalue weighted by atomic mass is 9.86. The maximum absolute atomic E-state index is 12.7. The highest BCUT2D eigenvalue weighted by molar-refractivity contribution is 6.31. The number of benzene rings is 1. The Morgan fingerprint density at radius 2 is 2.04 bits per heavy atom. The summed E-state index contributed by atoms with van der Waals surface area (Å²) in [5, 5.41) is 9.87. The van der Waals surface area contributed by atoms with Crippen LogP contribution in [0.25, 0.3) is 0 Å². The number of hydrazine groups is 1. The van der Waals surface area contributed by atoms with Gasteiger partial charge in [-0.25, -0.2) is 10.9 Å². The molecule has 2 fully saturated rings. The number of carboxylic acid groups (broad SMARTS) is 1. The maximum Gasteiger partial charge on any atom is 0.306 e. The third-order valence-electron chi connectivity index (χ3n) is 5.02. The lowest BCUT2D eigenvalue weighted by Gasteiger charge is -2.36. The fraction of sp³-hybridized carbons (Fsp3) is 0.529. The summed E-state index contributed by atoms with van der Waals surface area (Å²) >= 11 is 6.23. The zero-order chi connectivity index (χ0) is 17.3. The van der Waals surface area contributed by atoms with E-state index in [4.69, 9.17) is 11.6 Å². The van der Waals surface area contributed by atoms with Crippen LogP contribution in [0.1, 0.15) is 31.4 Å². The molecule has 0 saturated carbocycles. The standard InChI is InChI=1S/C17H22ClN3O3/c1-10-9-21(7-6-11(10)17(23)24)16(22)15-8-14(19-20-15)12-4-2-3-5-13(12)18/h2-5,10-11,14-15,19-20H,6-9H2,1H3,(H,23,24). The van der Waals surface area contributed by atoms with Gasteiger partial charge in [-0.15, -0.1) is 0 Å². The second-order valence-corrected chi connectivity index (χ2v) is 7.05. The van der Waals surface area contributed by atoms with Gasteiger partial charge in [0.1, 0.15) is 6.04 Å². The fourth-order valence-corrected chi connectivity index (χ4v) is 3.88. The van der Waals surface area contributed by atoms with Crippen molar-refractivity contribution >= 4 is 23.5 Å². The molecule has 4 unspecified atom stereocenters. The average Bonchev–Trinajstić information content (AvgIpc) is 3.03. The summed E-state index contributed by atoms with van der Waals surface area (Å²) in [6.07, 6.45) is 1.13. The van der Waals surface area contributed by atoms with Gasteiger partial charge >= 0.3 is 5.97 Å². The van der Waals surface area contributed by atoms with Crippen LogP contribution in [0.5, 0.6) is 0 Å². The SMILES string of the molecule is CC1CN(C(=O)C2CC(c3ccccc3Cl)NN2)CCC1C(=O)O. The number of amides is 1. The quantitative estimate of drug-likeness (QED) is 0.774. The molecule has 24 heavy (non-hydrogen) atoms. The number of nitrogens with zero attached hydrogens (tertiary/aromatic N) is 1.